The Morgan fingerprint density at radius 3 is 2.42 bits per heavy atom. The number of alkyl carbamates (subject to hydrolysis) is 1. The largest absolute Gasteiger partial charge is 0.573 e. The van der Waals surface area contributed by atoms with Crippen molar-refractivity contribution in [3.63, 3.8) is 0 Å². The van der Waals surface area contributed by atoms with Gasteiger partial charge in [0.2, 0.25) is 0 Å². The minimum Gasteiger partial charge on any atom is -0.488 e. The van der Waals surface area contributed by atoms with E-state index in [1.807, 2.05) is 6.07 Å². The molecule has 2 amide bonds. The molecule has 2 aromatic rings. The molecule has 0 saturated heterocycles. The molecular formula is C25H26BClF3N3O7. The Bertz CT molecular complexity index is 1310. The summed E-state index contributed by atoms with van der Waals surface area (Å²) in [5, 5.41) is 25.1. The lowest BCUT2D eigenvalue weighted by Gasteiger charge is -2.25. The number of nitrogens with zero attached hydrogens (tertiary/aromatic N) is 1. The zero-order valence-electron chi connectivity index (χ0n) is 21.9. The molecule has 1 aliphatic rings. The zero-order chi connectivity index (χ0) is 29.9. The van der Waals surface area contributed by atoms with Gasteiger partial charge >= 0.3 is 19.6 Å². The molecule has 1 heterocycles. The second-order valence-corrected chi connectivity index (χ2v) is 10.4. The molecule has 1 atom stereocenters. The van der Waals surface area contributed by atoms with Gasteiger partial charge in [-0.15, -0.1) is 13.2 Å². The predicted molar refractivity (Wildman–Crippen MR) is 137 cm³/mol. The maximum absolute atomic E-state index is 12.7. The van der Waals surface area contributed by atoms with Crippen LogP contribution in [0.15, 0.2) is 30.3 Å². The van der Waals surface area contributed by atoms with Crippen LogP contribution in [0, 0.1) is 11.3 Å². The van der Waals surface area contributed by atoms with Crippen LogP contribution in [-0.2, 0) is 22.5 Å². The third-order valence-corrected chi connectivity index (χ3v) is 5.82. The van der Waals surface area contributed by atoms with Gasteiger partial charge in [-0.3, -0.25) is 4.79 Å². The van der Waals surface area contributed by atoms with Crippen LogP contribution in [0.1, 0.15) is 49.2 Å². The first-order valence-corrected chi connectivity index (χ1v) is 12.2. The highest BCUT2D eigenvalue weighted by molar-refractivity contribution is 6.65. The van der Waals surface area contributed by atoms with Gasteiger partial charge in [0.25, 0.3) is 5.91 Å². The standard InChI is InChI=1S/C25H26BClF3N3O7/c1-23(2,3)40-22(35)32-10-15-9-18(20(27)19-17(15)11-38-26(19)36)37-13-24(4,12-31)33-21(34)14-5-7-16(8-6-14)39-25(28,29)30/h5-9,36H,10-11,13H2,1-4H3,(H,32,35)(H,33,34). The van der Waals surface area contributed by atoms with Crippen molar-refractivity contribution in [1.29, 1.82) is 5.26 Å². The fraction of sp³-hybridized carbons (Fsp3) is 0.400. The summed E-state index contributed by atoms with van der Waals surface area (Å²) in [6.45, 7) is 6.12. The number of alkyl halides is 3. The summed E-state index contributed by atoms with van der Waals surface area (Å²) in [5.74, 6) is -1.21. The molecule has 3 N–H and O–H groups in total. The molecule has 2 aromatic carbocycles. The molecule has 0 spiro atoms. The number of benzene rings is 2. The summed E-state index contributed by atoms with van der Waals surface area (Å²) < 4.78 is 57.2. The molecule has 10 nitrogen and oxygen atoms in total. The van der Waals surface area contributed by atoms with Crippen LogP contribution in [0.4, 0.5) is 18.0 Å². The molecule has 40 heavy (non-hydrogen) atoms. The van der Waals surface area contributed by atoms with Gasteiger partial charge < -0.3 is 34.5 Å². The number of fused-ring (bicyclic) bond motifs is 1. The highest BCUT2D eigenvalue weighted by Crippen LogP contribution is 2.31. The van der Waals surface area contributed by atoms with Gasteiger partial charge in [-0.2, -0.15) is 5.26 Å². The predicted octanol–water partition coefficient (Wildman–Crippen LogP) is 3.57. The van der Waals surface area contributed by atoms with Gasteiger partial charge in [0.15, 0.2) is 5.54 Å². The Balaban J connectivity index is 1.75. The lowest BCUT2D eigenvalue weighted by molar-refractivity contribution is -0.274. The Morgan fingerprint density at radius 1 is 1.20 bits per heavy atom. The first kappa shape index (κ1) is 30.9. The van der Waals surface area contributed by atoms with E-state index in [-0.39, 0.29) is 35.0 Å². The minimum absolute atomic E-state index is 0.0127. The third kappa shape index (κ3) is 8.17. The van der Waals surface area contributed by atoms with Crippen molar-refractivity contribution in [2.24, 2.45) is 0 Å². The van der Waals surface area contributed by atoms with E-state index >= 15 is 0 Å². The average Bonchev–Trinajstić information content (AvgIpc) is 3.23. The van der Waals surface area contributed by atoms with Crippen molar-refractivity contribution >= 4 is 36.2 Å². The molecule has 0 bridgehead atoms. The highest BCUT2D eigenvalue weighted by Gasteiger charge is 2.35. The Labute approximate surface area is 233 Å². The van der Waals surface area contributed by atoms with E-state index in [4.69, 9.17) is 25.7 Å². The first-order valence-electron chi connectivity index (χ1n) is 11.8. The Morgan fingerprint density at radius 2 is 1.85 bits per heavy atom. The van der Waals surface area contributed by atoms with Gasteiger partial charge in [-0.05, 0) is 69.2 Å². The van der Waals surface area contributed by atoms with Crippen molar-refractivity contribution in [1.82, 2.24) is 10.6 Å². The fourth-order valence-corrected chi connectivity index (χ4v) is 3.93. The molecule has 0 aliphatic carbocycles. The van der Waals surface area contributed by atoms with E-state index in [0.29, 0.717) is 11.1 Å². The van der Waals surface area contributed by atoms with Crippen LogP contribution in [-0.4, -0.2) is 48.3 Å². The summed E-state index contributed by atoms with van der Waals surface area (Å²) in [4.78, 5) is 24.8. The van der Waals surface area contributed by atoms with Gasteiger partial charge in [0.05, 0.1) is 17.7 Å². The Hall–Kier alpha value is -3.67. The van der Waals surface area contributed by atoms with Crippen LogP contribution in [0.3, 0.4) is 0 Å². The van der Waals surface area contributed by atoms with Crippen molar-refractivity contribution < 1.29 is 46.6 Å². The second kappa shape index (κ2) is 11.8. The molecule has 15 heteroatoms. The van der Waals surface area contributed by atoms with E-state index in [1.165, 1.54) is 13.0 Å². The van der Waals surface area contributed by atoms with Crippen LogP contribution in [0.2, 0.25) is 5.02 Å². The normalized spacial score (nSPS) is 14.4. The van der Waals surface area contributed by atoms with E-state index in [2.05, 4.69) is 15.4 Å². The molecule has 0 saturated carbocycles. The number of hydrogen-bond acceptors (Lipinski definition) is 8. The number of rotatable bonds is 8. The zero-order valence-corrected chi connectivity index (χ0v) is 22.7. The van der Waals surface area contributed by atoms with Gasteiger partial charge in [-0.1, -0.05) is 11.6 Å². The number of nitriles is 1. The van der Waals surface area contributed by atoms with Crippen LogP contribution < -0.4 is 25.6 Å². The molecule has 1 unspecified atom stereocenters. The minimum atomic E-state index is -4.88. The summed E-state index contributed by atoms with van der Waals surface area (Å²) in [5.41, 5.74) is -1.04. The fourth-order valence-electron chi connectivity index (χ4n) is 3.61. The van der Waals surface area contributed by atoms with E-state index < -0.39 is 49.0 Å². The number of ether oxygens (including phenoxy) is 3. The number of halogens is 4. The summed E-state index contributed by atoms with van der Waals surface area (Å²) >= 11 is 6.47. The van der Waals surface area contributed by atoms with Crippen molar-refractivity contribution in [3.05, 3.63) is 52.0 Å². The van der Waals surface area contributed by atoms with Crippen LogP contribution >= 0.6 is 11.6 Å². The van der Waals surface area contributed by atoms with Crippen LogP contribution in [0.25, 0.3) is 0 Å². The van der Waals surface area contributed by atoms with Gasteiger partial charge in [-0.25, -0.2) is 4.79 Å². The molecule has 214 valence electrons. The van der Waals surface area contributed by atoms with Crippen LogP contribution in [0.5, 0.6) is 11.5 Å². The Kier molecular flexibility index (Phi) is 9.13. The lowest BCUT2D eigenvalue weighted by atomic mass is 9.78. The number of nitrogens with one attached hydrogen (secondary N) is 2. The number of amides is 2. The van der Waals surface area contributed by atoms with Crippen molar-refractivity contribution in [3.8, 4) is 17.6 Å². The molecular weight excluding hydrogens is 558 g/mol. The number of carbonyl (C=O) groups is 2. The molecule has 0 aromatic heterocycles. The topological polar surface area (TPSA) is 139 Å². The first-order chi connectivity index (χ1) is 18.5. The van der Waals surface area contributed by atoms with Crippen molar-refractivity contribution in [2.75, 3.05) is 6.61 Å². The monoisotopic (exact) mass is 583 g/mol. The van der Waals surface area contributed by atoms with Crippen molar-refractivity contribution in [2.45, 2.75) is 58.3 Å². The van der Waals surface area contributed by atoms with E-state index in [0.717, 1.165) is 24.3 Å². The van der Waals surface area contributed by atoms with E-state index in [1.54, 1.807) is 20.8 Å². The maximum Gasteiger partial charge on any atom is 0.573 e. The average molecular weight is 584 g/mol. The van der Waals surface area contributed by atoms with E-state index in [9.17, 15) is 33.0 Å². The summed E-state index contributed by atoms with van der Waals surface area (Å²) in [7, 11) is -1.35. The molecule has 0 radical (unpaired) electrons. The summed E-state index contributed by atoms with van der Waals surface area (Å²) in [6.07, 6.45) is -5.55. The molecule has 1 aliphatic heterocycles. The molecule has 3 rings (SSSR count). The quantitative estimate of drug-likeness (QED) is 0.401. The number of carbonyl (C=O) groups excluding carboxylic acids is 2. The SMILES string of the molecule is CC(C#N)(COc1cc(CNC(=O)OC(C)(C)C)c2c(c1Cl)B(O)OC2)NC(=O)c1ccc(OC(F)(F)F)cc1. The smallest absolute Gasteiger partial charge is 0.488 e. The third-order valence-electron chi connectivity index (χ3n) is 5.43. The molecule has 0 fully saturated rings. The highest BCUT2D eigenvalue weighted by atomic mass is 35.5. The number of hydrogen-bond donors (Lipinski definition) is 3. The van der Waals surface area contributed by atoms with Gasteiger partial charge in [0.1, 0.15) is 23.7 Å². The lowest BCUT2D eigenvalue weighted by Crippen LogP contribution is -2.49. The summed E-state index contributed by atoms with van der Waals surface area (Å²) in [6, 6.07) is 7.59. The second-order valence-electron chi connectivity index (χ2n) is 10.0. The van der Waals surface area contributed by atoms with Gasteiger partial charge in [0, 0.05) is 17.6 Å². The maximum atomic E-state index is 12.7.